The number of nitrogens with zero attached hydrogens (tertiary/aromatic N) is 1. The molecule has 0 aromatic heterocycles. The minimum absolute atomic E-state index is 0.209. The number of sulfonamides is 1. The van der Waals surface area contributed by atoms with Gasteiger partial charge >= 0.3 is 0 Å². The predicted molar refractivity (Wildman–Crippen MR) is 83.5 cm³/mol. The smallest absolute Gasteiger partial charge is 0.246 e. The lowest BCUT2D eigenvalue weighted by molar-refractivity contribution is 0.352. The maximum atomic E-state index is 14.5. The van der Waals surface area contributed by atoms with Crippen LogP contribution in [0.15, 0.2) is 17.0 Å². The SMILES string of the molecule is CCCN(C(C)C)S(=O)(=O)c1cc(Cl)cc(CNC)c1F. The van der Waals surface area contributed by atoms with E-state index in [1.807, 2.05) is 6.92 Å². The zero-order valence-electron chi connectivity index (χ0n) is 12.8. The Balaban J connectivity index is 3.43. The highest BCUT2D eigenvalue weighted by atomic mass is 35.5. The lowest BCUT2D eigenvalue weighted by Gasteiger charge is -2.26. The van der Waals surface area contributed by atoms with E-state index >= 15 is 0 Å². The van der Waals surface area contributed by atoms with Gasteiger partial charge in [-0.25, -0.2) is 12.8 Å². The molecule has 1 aromatic rings. The molecule has 120 valence electrons. The summed E-state index contributed by atoms with van der Waals surface area (Å²) in [4.78, 5) is -0.359. The molecular formula is C14H22ClFN2O2S. The van der Waals surface area contributed by atoms with Gasteiger partial charge in [-0.1, -0.05) is 18.5 Å². The fourth-order valence-electron chi connectivity index (χ4n) is 2.13. The summed E-state index contributed by atoms with van der Waals surface area (Å²) < 4.78 is 41.2. The number of hydrogen-bond donors (Lipinski definition) is 1. The third-order valence-electron chi connectivity index (χ3n) is 3.05. The Kier molecular flexibility index (Phi) is 6.59. The second-order valence-corrected chi connectivity index (χ2v) is 7.41. The summed E-state index contributed by atoms with van der Waals surface area (Å²) in [6.45, 7) is 5.97. The van der Waals surface area contributed by atoms with Crippen molar-refractivity contribution in [1.29, 1.82) is 0 Å². The third kappa shape index (κ3) is 4.16. The van der Waals surface area contributed by atoms with Gasteiger partial charge in [0.1, 0.15) is 10.7 Å². The van der Waals surface area contributed by atoms with Crippen LogP contribution in [0.3, 0.4) is 0 Å². The second kappa shape index (κ2) is 7.54. The maximum absolute atomic E-state index is 14.5. The Hall–Kier alpha value is -0.690. The molecule has 0 unspecified atom stereocenters. The van der Waals surface area contributed by atoms with Crippen molar-refractivity contribution < 1.29 is 12.8 Å². The van der Waals surface area contributed by atoms with Crippen LogP contribution in [0, 0.1) is 5.82 Å². The molecular weight excluding hydrogens is 315 g/mol. The first kappa shape index (κ1) is 18.4. The van der Waals surface area contributed by atoms with E-state index in [4.69, 9.17) is 11.6 Å². The topological polar surface area (TPSA) is 49.4 Å². The molecule has 1 aromatic carbocycles. The monoisotopic (exact) mass is 336 g/mol. The highest BCUT2D eigenvalue weighted by Gasteiger charge is 2.30. The van der Waals surface area contributed by atoms with Gasteiger partial charge in [-0.2, -0.15) is 4.31 Å². The summed E-state index contributed by atoms with van der Waals surface area (Å²) in [6.07, 6.45) is 0.656. The molecule has 0 heterocycles. The Morgan fingerprint density at radius 2 is 2.00 bits per heavy atom. The molecule has 0 amide bonds. The van der Waals surface area contributed by atoms with Crippen LogP contribution in [-0.4, -0.2) is 32.4 Å². The maximum Gasteiger partial charge on any atom is 0.246 e. The van der Waals surface area contributed by atoms with Gasteiger partial charge in [0.25, 0.3) is 0 Å². The van der Waals surface area contributed by atoms with E-state index in [2.05, 4.69) is 5.32 Å². The van der Waals surface area contributed by atoms with E-state index in [1.54, 1.807) is 20.9 Å². The quantitative estimate of drug-likeness (QED) is 0.832. The van der Waals surface area contributed by atoms with Crippen molar-refractivity contribution in [1.82, 2.24) is 9.62 Å². The fraction of sp³-hybridized carbons (Fsp3) is 0.571. The zero-order chi connectivity index (χ0) is 16.2. The summed E-state index contributed by atoms with van der Waals surface area (Å²) in [7, 11) is -2.25. The van der Waals surface area contributed by atoms with Gasteiger partial charge in [-0.3, -0.25) is 0 Å². The van der Waals surface area contributed by atoms with Crippen LogP contribution < -0.4 is 5.32 Å². The Morgan fingerprint density at radius 1 is 1.38 bits per heavy atom. The highest BCUT2D eigenvalue weighted by Crippen LogP contribution is 2.27. The number of halogens is 2. The van der Waals surface area contributed by atoms with Gasteiger partial charge in [0.05, 0.1) is 0 Å². The van der Waals surface area contributed by atoms with Gasteiger partial charge in [-0.15, -0.1) is 0 Å². The average molecular weight is 337 g/mol. The van der Waals surface area contributed by atoms with Crippen molar-refractivity contribution in [3.63, 3.8) is 0 Å². The van der Waals surface area contributed by atoms with Crippen molar-refractivity contribution in [3.05, 3.63) is 28.5 Å². The minimum Gasteiger partial charge on any atom is -0.316 e. The van der Waals surface area contributed by atoms with Crippen LogP contribution in [0.1, 0.15) is 32.8 Å². The number of nitrogens with one attached hydrogen (secondary N) is 1. The molecule has 1 rings (SSSR count). The molecule has 7 heteroatoms. The van der Waals surface area contributed by atoms with E-state index in [0.717, 1.165) is 0 Å². The van der Waals surface area contributed by atoms with Crippen molar-refractivity contribution in [2.75, 3.05) is 13.6 Å². The van der Waals surface area contributed by atoms with Crippen LogP contribution >= 0.6 is 11.6 Å². The van der Waals surface area contributed by atoms with Crippen LogP contribution in [0.4, 0.5) is 4.39 Å². The van der Waals surface area contributed by atoms with Crippen LogP contribution in [0.5, 0.6) is 0 Å². The largest absolute Gasteiger partial charge is 0.316 e. The van der Waals surface area contributed by atoms with E-state index in [0.29, 0.717) is 13.0 Å². The van der Waals surface area contributed by atoms with Gasteiger partial charge < -0.3 is 5.32 Å². The summed E-state index contributed by atoms with van der Waals surface area (Å²) >= 11 is 5.95. The predicted octanol–water partition coefficient (Wildman–Crippen LogP) is 3.01. The first-order valence-electron chi connectivity index (χ1n) is 6.90. The Labute approximate surface area is 131 Å². The molecule has 1 N–H and O–H groups in total. The molecule has 0 atom stereocenters. The lowest BCUT2D eigenvalue weighted by Crippen LogP contribution is -2.38. The molecule has 0 spiro atoms. The van der Waals surface area contributed by atoms with Gasteiger partial charge in [0.2, 0.25) is 10.0 Å². The van der Waals surface area contributed by atoms with E-state index in [9.17, 15) is 12.8 Å². The van der Waals surface area contributed by atoms with Crippen molar-refractivity contribution in [2.24, 2.45) is 0 Å². The molecule has 0 saturated heterocycles. The number of benzene rings is 1. The Bertz CT molecular complexity index is 591. The zero-order valence-corrected chi connectivity index (χ0v) is 14.4. The summed E-state index contributed by atoms with van der Waals surface area (Å²) in [5.74, 6) is -0.740. The van der Waals surface area contributed by atoms with Gasteiger partial charge in [-0.05, 0) is 39.4 Å². The molecule has 0 saturated carbocycles. The first-order valence-corrected chi connectivity index (χ1v) is 8.71. The molecule has 4 nitrogen and oxygen atoms in total. The summed E-state index contributed by atoms with van der Waals surface area (Å²) in [5.41, 5.74) is 0.240. The minimum atomic E-state index is -3.91. The molecule has 21 heavy (non-hydrogen) atoms. The van der Waals surface area contributed by atoms with Crippen molar-refractivity contribution >= 4 is 21.6 Å². The van der Waals surface area contributed by atoms with E-state index < -0.39 is 15.8 Å². The molecule has 0 aliphatic heterocycles. The first-order chi connectivity index (χ1) is 9.75. The molecule has 0 aliphatic rings. The van der Waals surface area contributed by atoms with Crippen LogP contribution in [0.2, 0.25) is 5.02 Å². The van der Waals surface area contributed by atoms with Gasteiger partial charge in [0, 0.05) is 29.7 Å². The Morgan fingerprint density at radius 3 is 2.48 bits per heavy atom. The summed E-state index contributed by atoms with van der Waals surface area (Å²) in [6, 6.07) is 2.36. The van der Waals surface area contributed by atoms with Crippen molar-refractivity contribution in [3.8, 4) is 0 Å². The fourth-order valence-corrected chi connectivity index (χ4v) is 4.30. The summed E-state index contributed by atoms with van der Waals surface area (Å²) in [5, 5.41) is 3.01. The van der Waals surface area contributed by atoms with Crippen LogP contribution in [0.25, 0.3) is 0 Å². The molecule has 0 aliphatic carbocycles. The third-order valence-corrected chi connectivity index (χ3v) is 5.35. The van der Waals surface area contributed by atoms with E-state index in [1.165, 1.54) is 16.4 Å². The van der Waals surface area contributed by atoms with Crippen LogP contribution in [-0.2, 0) is 16.6 Å². The molecule has 0 bridgehead atoms. The van der Waals surface area contributed by atoms with Crippen molar-refractivity contribution in [2.45, 2.75) is 44.7 Å². The molecule has 0 radical (unpaired) electrons. The van der Waals surface area contributed by atoms with E-state index in [-0.39, 0.29) is 28.1 Å². The second-order valence-electron chi connectivity index (χ2n) is 5.12. The number of rotatable bonds is 7. The molecule has 0 fully saturated rings. The van der Waals surface area contributed by atoms with Gasteiger partial charge in [0.15, 0.2) is 0 Å². The normalized spacial score (nSPS) is 12.4. The average Bonchev–Trinajstić information content (AvgIpc) is 2.39. The highest BCUT2D eigenvalue weighted by molar-refractivity contribution is 7.89. The lowest BCUT2D eigenvalue weighted by atomic mass is 10.2. The standard InChI is InChI=1S/C14H22ClFN2O2S/c1-5-6-18(10(2)3)21(19,20)13-8-12(15)7-11(9-17-4)14(13)16/h7-8,10,17H,5-6,9H2,1-4H3. The number of hydrogen-bond acceptors (Lipinski definition) is 3.